The second-order valence-electron chi connectivity index (χ2n) is 3.46. The minimum atomic E-state index is -0.934. The average Bonchev–Trinajstić information content (AvgIpc) is 2.57. The summed E-state index contributed by atoms with van der Waals surface area (Å²) in [5.74, 6) is -0.934. The third-order valence-electron chi connectivity index (χ3n) is 2.27. The molecule has 0 radical (unpaired) electrons. The topological polar surface area (TPSA) is 53.1 Å². The molecule has 1 aromatic carbocycles. The van der Waals surface area contributed by atoms with E-state index in [9.17, 15) is 4.79 Å². The third-order valence-corrected chi connectivity index (χ3v) is 2.27. The molecule has 1 heterocycles. The summed E-state index contributed by atoms with van der Waals surface area (Å²) in [6.45, 7) is 2.02. The predicted molar refractivity (Wildman–Crippen MR) is 59.7 cm³/mol. The molecule has 2 rings (SSSR count). The first-order chi connectivity index (χ1) is 7.16. The summed E-state index contributed by atoms with van der Waals surface area (Å²) in [7, 11) is 0. The molecule has 0 unspecified atom stereocenters. The van der Waals surface area contributed by atoms with E-state index >= 15 is 0 Å². The Bertz CT molecular complexity index is 538. The van der Waals surface area contributed by atoms with Gasteiger partial charge in [-0.25, -0.2) is 4.79 Å². The van der Waals surface area contributed by atoms with Crippen molar-refractivity contribution in [3.05, 3.63) is 41.6 Å². The third kappa shape index (κ3) is 1.91. The van der Waals surface area contributed by atoms with Crippen molar-refractivity contribution in [1.29, 1.82) is 0 Å². The van der Waals surface area contributed by atoms with Crippen molar-refractivity contribution < 1.29 is 9.90 Å². The van der Waals surface area contributed by atoms with Crippen LogP contribution >= 0.6 is 0 Å². The summed E-state index contributed by atoms with van der Waals surface area (Å²) < 4.78 is 0. The summed E-state index contributed by atoms with van der Waals surface area (Å²) in [4.78, 5) is 13.5. The van der Waals surface area contributed by atoms with E-state index in [1.807, 2.05) is 31.3 Å². The van der Waals surface area contributed by atoms with Crippen LogP contribution in [0, 0.1) is 6.92 Å². The predicted octanol–water partition coefficient (Wildman–Crippen LogP) is 2.57. The van der Waals surface area contributed by atoms with Gasteiger partial charge in [0.1, 0.15) is 0 Å². The normalized spacial score (nSPS) is 11.3. The number of carboxylic acid groups (broad SMARTS) is 1. The second-order valence-corrected chi connectivity index (χ2v) is 3.46. The summed E-state index contributed by atoms with van der Waals surface area (Å²) in [6, 6.07) is 6.03. The molecule has 0 saturated carbocycles. The quantitative estimate of drug-likeness (QED) is 0.734. The van der Waals surface area contributed by atoms with Crippen LogP contribution in [0.25, 0.3) is 17.0 Å². The Hall–Kier alpha value is -2.03. The number of carboxylic acids is 1. The fraction of sp³-hybridized carbons (Fsp3) is 0.0833. The average molecular weight is 201 g/mol. The highest BCUT2D eigenvalue weighted by atomic mass is 16.4. The summed E-state index contributed by atoms with van der Waals surface area (Å²) in [5, 5.41) is 9.57. The van der Waals surface area contributed by atoms with E-state index in [0.29, 0.717) is 0 Å². The van der Waals surface area contributed by atoms with E-state index < -0.39 is 5.97 Å². The molecule has 0 aliphatic heterocycles. The molecular weight excluding hydrogens is 190 g/mol. The molecule has 76 valence electrons. The van der Waals surface area contributed by atoms with Gasteiger partial charge in [-0.2, -0.15) is 0 Å². The largest absolute Gasteiger partial charge is 0.478 e. The van der Waals surface area contributed by atoms with Gasteiger partial charge in [-0.15, -0.1) is 0 Å². The van der Waals surface area contributed by atoms with Crippen LogP contribution in [0.4, 0.5) is 0 Å². The number of H-pyrrole nitrogens is 1. The Balaban J connectivity index is 2.50. The molecule has 0 bridgehead atoms. The van der Waals surface area contributed by atoms with Gasteiger partial charge in [-0.1, -0.05) is 12.1 Å². The van der Waals surface area contributed by atoms with Crippen LogP contribution in [0.3, 0.4) is 0 Å². The zero-order valence-corrected chi connectivity index (χ0v) is 8.32. The van der Waals surface area contributed by atoms with Crippen molar-refractivity contribution in [2.75, 3.05) is 0 Å². The molecule has 0 aliphatic rings. The van der Waals surface area contributed by atoms with E-state index in [4.69, 9.17) is 5.11 Å². The number of rotatable bonds is 2. The molecule has 0 amide bonds. The van der Waals surface area contributed by atoms with E-state index in [1.54, 1.807) is 6.08 Å². The zero-order chi connectivity index (χ0) is 10.8. The zero-order valence-electron chi connectivity index (χ0n) is 8.32. The number of benzene rings is 1. The molecule has 3 nitrogen and oxygen atoms in total. The van der Waals surface area contributed by atoms with Gasteiger partial charge in [0.05, 0.1) is 0 Å². The molecular formula is C12H11NO2. The van der Waals surface area contributed by atoms with E-state index in [0.717, 1.165) is 22.5 Å². The minimum Gasteiger partial charge on any atom is -0.478 e. The van der Waals surface area contributed by atoms with Gasteiger partial charge in [-0.05, 0) is 24.6 Å². The molecule has 2 N–H and O–H groups in total. The first kappa shape index (κ1) is 9.52. The number of fused-ring (bicyclic) bond motifs is 1. The molecule has 0 aliphatic carbocycles. The van der Waals surface area contributed by atoms with Gasteiger partial charge >= 0.3 is 5.97 Å². The maximum atomic E-state index is 10.4. The fourth-order valence-corrected chi connectivity index (χ4v) is 1.56. The highest BCUT2D eigenvalue weighted by Crippen LogP contribution is 2.20. The Morgan fingerprint density at radius 1 is 1.47 bits per heavy atom. The molecule has 0 saturated heterocycles. The number of nitrogens with one attached hydrogen (secondary N) is 1. The Morgan fingerprint density at radius 2 is 2.27 bits per heavy atom. The number of aromatic nitrogens is 1. The smallest absolute Gasteiger partial charge is 0.328 e. The van der Waals surface area contributed by atoms with E-state index in [1.165, 1.54) is 5.56 Å². The minimum absolute atomic E-state index is 0.896. The monoisotopic (exact) mass is 201 g/mol. The van der Waals surface area contributed by atoms with Crippen molar-refractivity contribution in [2.24, 2.45) is 0 Å². The van der Waals surface area contributed by atoms with Crippen LogP contribution in [0.1, 0.15) is 11.1 Å². The molecule has 0 atom stereocenters. The van der Waals surface area contributed by atoms with Gasteiger partial charge in [0.2, 0.25) is 0 Å². The highest BCUT2D eigenvalue weighted by molar-refractivity contribution is 5.93. The number of aromatic amines is 1. The van der Waals surface area contributed by atoms with Gasteiger partial charge in [-0.3, -0.25) is 0 Å². The Morgan fingerprint density at radius 3 is 3.00 bits per heavy atom. The van der Waals surface area contributed by atoms with Crippen LogP contribution in [-0.4, -0.2) is 16.1 Å². The van der Waals surface area contributed by atoms with Crippen LogP contribution in [0.5, 0.6) is 0 Å². The van der Waals surface area contributed by atoms with E-state index in [-0.39, 0.29) is 0 Å². The number of hydrogen-bond donors (Lipinski definition) is 2. The standard InChI is InChI=1S/C12H11NO2/c1-8-2-4-10-9(3-5-12(14)15)7-13-11(10)6-8/h2-7,13H,1H3,(H,14,15). The van der Waals surface area contributed by atoms with Crippen LogP contribution in [0.15, 0.2) is 30.5 Å². The van der Waals surface area contributed by atoms with Crippen molar-refractivity contribution in [2.45, 2.75) is 6.92 Å². The first-order valence-electron chi connectivity index (χ1n) is 4.65. The van der Waals surface area contributed by atoms with Gasteiger partial charge in [0, 0.05) is 28.7 Å². The summed E-state index contributed by atoms with van der Waals surface area (Å²) >= 11 is 0. The molecule has 3 heteroatoms. The number of aryl methyl sites for hydroxylation is 1. The maximum Gasteiger partial charge on any atom is 0.328 e. The fourth-order valence-electron chi connectivity index (χ4n) is 1.56. The molecule has 15 heavy (non-hydrogen) atoms. The lowest BCUT2D eigenvalue weighted by atomic mass is 10.1. The summed E-state index contributed by atoms with van der Waals surface area (Å²) in [5.41, 5.74) is 3.10. The Kier molecular flexibility index (Phi) is 2.29. The number of hydrogen-bond acceptors (Lipinski definition) is 1. The lowest BCUT2D eigenvalue weighted by molar-refractivity contribution is -0.131. The van der Waals surface area contributed by atoms with Crippen molar-refractivity contribution >= 4 is 22.9 Å². The van der Waals surface area contributed by atoms with Gasteiger partial charge < -0.3 is 10.1 Å². The lowest BCUT2D eigenvalue weighted by Gasteiger charge is -1.93. The van der Waals surface area contributed by atoms with Gasteiger partial charge in [0.25, 0.3) is 0 Å². The van der Waals surface area contributed by atoms with Gasteiger partial charge in [0.15, 0.2) is 0 Å². The van der Waals surface area contributed by atoms with Crippen LogP contribution in [0.2, 0.25) is 0 Å². The van der Waals surface area contributed by atoms with Crippen LogP contribution < -0.4 is 0 Å². The van der Waals surface area contributed by atoms with Crippen LogP contribution in [-0.2, 0) is 4.79 Å². The van der Waals surface area contributed by atoms with Crippen molar-refractivity contribution in [3.8, 4) is 0 Å². The molecule has 1 aromatic heterocycles. The second kappa shape index (κ2) is 3.61. The lowest BCUT2D eigenvalue weighted by Crippen LogP contribution is -1.85. The Labute approximate surface area is 87.0 Å². The van der Waals surface area contributed by atoms with Crippen molar-refractivity contribution in [1.82, 2.24) is 4.98 Å². The van der Waals surface area contributed by atoms with E-state index in [2.05, 4.69) is 4.98 Å². The number of carbonyl (C=O) groups is 1. The molecule has 2 aromatic rings. The number of aliphatic carboxylic acids is 1. The SMILES string of the molecule is Cc1ccc2c(C=CC(=O)O)c[nH]c2c1. The molecule has 0 fully saturated rings. The van der Waals surface area contributed by atoms with Crippen molar-refractivity contribution in [3.63, 3.8) is 0 Å². The summed E-state index contributed by atoms with van der Waals surface area (Å²) in [6.07, 6.45) is 4.54. The highest BCUT2D eigenvalue weighted by Gasteiger charge is 2.00. The molecule has 0 spiro atoms. The first-order valence-corrected chi connectivity index (χ1v) is 4.65. The maximum absolute atomic E-state index is 10.4.